The molecule has 13 heteroatoms. The number of hydrogen-bond donors (Lipinski definition) is 2. The summed E-state index contributed by atoms with van der Waals surface area (Å²) in [6.07, 6.45) is -9.32. The van der Waals surface area contributed by atoms with Crippen molar-refractivity contribution in [2.45, 2.75) is 18.0 Å². The zero-order chi connectivity index (χ0) is 23.7. The quantitative estimate of drug-likeness (QED) is 0.584. The van der Waals surface area contributed by atoms with Crippen molar-refractivity contribution in [1.82, 2.24) is 14.8 Å². The number of rotatable bonds is 4. The first-order chi connectivity index (χ1) is 14.9. The molecule has 0 bridgehead atoms. The van der Waals surface area contributed by atoms with Gasteiger partial charge >= 0.3 is 12.4 Å². The Morgan fingerprint density at radius 1 is 1.00 bits per heavy atom. The van der Waals surface area contributed by atoms with Crippen molar-refractivity contribution >= 4 is 11.6 Å². The largest absolute Gasteiger partial charge is 0.430 e. The average molecular weight is 455 g/mol. The summed E-state index contributed by atoms with van der Waals surface area (Å²) in [4.78, 5) is 12.4. The number of alkyl halides is 6. The standard InChI is InChI=1S/C19H11F6N5O2/c20-18(21,22)17(32,19(23,24)25)12-3-1-2-4-13(12)27-16(31)14-5-6-15(29-28-14)30-8-7-11(9-26)10-30/h1-8,10,32H,(H,27,31). The molecule has 1 aromatic carbocycles. The van der Waals surface area contributed by atoms with Gasteiger partial charge in [0.1, 0.15) is 6.07 Å². The number of halogens is 6. The molecule has 7 nitrogen and oxygen atoms in total. The molecule has 0 aliphatic rings. The lowest BCUT2D eigenvalue weighted by Crippen LogP contribution is -2.54. The molecule has 0 atom stereocenters. The molecule has 2 aromatic heterocycles. The van der Waals surface area contributed by atoms with Crippen molar-refractivity contribution in [1.29, 1.82) is 5.26 Å². The summed E-state index contributed by atoms with van der Waals surface area (Å²) in [7, 11) is 0. The second kappa shape index (κ2) is 7.97. The van der Waals surface area contributed by atoms with Crippen molar-refractivity contribution in [3.8, 4) is 11.9 Å². The third-order valence-corrected chi connectivity index (χ3v) is 4.36. The molecule has 0 aliphatic heterocycles. The zero-order valence-electron chi connectivity index (χ0n) is 15.6. The van der Waals surface area contributed by atoms with Crippen LogP contribution < -0.4 is 5.32 Å². The number of benzene rings is 1. The molecule has 2 heterocycles. The first-order valence-corrected chi connectivity index (χ1v) is 8.57. The lowest BCUT2D eigenvalue weighted by Gasteiger charge is -2.33. The van der Waals surface area contributed by atoms with Gasteiger partial charge in [0.15, 0.2) is 11.5 Å². The minimum Gasteiger partial charge on any atom is -0.369 e. The van der Waals surface area contributed by atoms with Crippen molar-refractivity contribution in [2.75, 3.05) is 5.32 Å². The van der Waals surface area contributed by atoms with E-state index in [0.717, 1.165) is 24.3 Å². The predicted molar refractivity (Wildman–Crippen MR) is 96.5 cm³/mol. The van der Waals surface area contributed by atoms with Crippen LogP contribution in [0.5, 0.6) is 0 Å². The maximum absolute atomic E-state index is 13.2. The Bertz CT molecular complexity index is 1160. The van der Waals surface area contributed by atoms with E-state index in [9.17, 15) is 36.2 Å². The second-order valence-electron chi connectivity index (χ2n) is 6.40. The number of amides is 1. The fourth-order valence-electron chi connectivity index (χ4n) is 2.75. The van der Waals surface area contributed by atoms with E-state index in [1.54, 1.807) is 0 Å². The minimum absolute atomic E-state index is 0.201. The topological polar surface area (TPSA) is 104 Å². The van der Waals surface area contributed by atoms with Gasteiger partial charge in [0.2, 0.25) is 0 Å². The van der Waals surface area contributed by atoms with Crippen LogP contribution in [0.15, 0.2) is 54.9 Å². The van der Waals surface area contributed by atoms with E-state index in [1.165, 1.54) is 29.1 Å². The van der Waals surface area contributed by atoms with E-state index in [1.807, 2.05) is 11.4 Å². The first kappa shape index (κ1) is 22.8. The summed E-state index contributed by atoms with van der Waals surface area (Å²) >= 11 is 0. The van der Waals surface area contributed by atoms with E-state index in [-0.39, 0.29) is 5.82 Å². The lowest BCUT2D eigenvalue weighted by atomic mass is 9.90. The summed E-state index contributed by atoms with van der Waals surface area (Å²) in [5.74, 6) is -0.958. The Labute approximate surface area is 175 Å². The molecule has 0 spiro atoms. The second-order valence-corrected chi connectivity index (χ2v) is 6.40. The van der Waals surface area contributed by atoms with Crippen LogP contribution in [0.25, 0.3) is 5.82 Å². The van der Waals surface area contributed by atoms with Crippen LogP contribution in [0, 0.1) is 11.3 Å². The highest BCUT2D eigenvalue weighted by atomic mass is 19.4. The van der Waals surface area contributed by atoms with Crippen LogP contribution in [0.2, 0.25) is 0 Å². The van der Waals surface area contributed by atoms with E-state index < -0.39 is 40.8 Å². The van der Waals surface area contributed by atoms with Crippen molar-refractivity contribution < 1.29 is 36.2 Å². The van der Waals surface area contributed by atoms with Gasteiger partial charge in [-0.1, -0.05) is 18.2 Å². The number of hydrogen-bond acceptors (Lipinski definition) is 5. The summed E-state index contributed by atoms with van der Waals surface area (Å²) < 4.78 is 80.8. The first-order valence-electron chi connectivity index (χ1n) is 8.57. The van der Waals surface area contributed by atoms with Crippen LogP contribution in [0.1, 0.15) is 21.6 Å². The fraction of sp³-hybridized carbons (Fsp3) is 0.158. The molecule has 0 unspecified atom stereocenters. The molecule has 1 amide bonds. The average Bonchev–Trinajstić information content (AvgIpc) is 3.21. The molecule has 0 radical (unpaired) electrons. The van der Waals surface area contributed by atoms with Gasteiger partial charge in [-0.15, -0.1) is 10.2 Å². The Morgan fingerprint density at radius 2 is 1.66 bits per heavy atom. The fourth-order valence-corrected chi connectivity index (χ4v) is 2.75. The predicted octanol–water partition coefficient (Wildman–Crippen LogP) is 3.70. The number of para-hydroxylation sites is 1. The van der Waals surface area contributed by atoms with Gasteiger partial charge < -0.3 is 15.0 Å². The summed E-state index contributed by atoms with van der Waals surface area (Å²) in [6, 6.07) is 8.94. The van der Waals surface area contributed by atoms with E-state index in [0.29, 0.717) is 11.6 Å². The summed E-state index contributed by atoms with van der Waals surface area (Å²) in [6.45, 7) is 0. The maximum Gasteiger partial charge on any atom is 0.430 e. The molecule has 0 fully saturated rings. The maximum atomic E-state index is 13.2. The molecule has 0 aliphatic carbocycles. The van der Waals surface area contributed by atoms with Crippen LogP contribution >= 0.6 is 0 Å². The zero-order valence-corrected chi connectivity index (χ0v) is 15.6. The Morgan fingerprint density at radius 3 is 2.19 bits per heavy atom. The van der Waals surface area contributed by atoms with Crippen molar-refractivity contribution in [3.63, 3.8) is 0 Å². The lowest BCUT2D eigenvalue weighted by molar-refractivity contribution is -0.376. The molecule has 2 N–H and O–H groups in total. The molecular formula is C19H11F6N5O2. The highest BCUT2D eigenvalue weighted by Crippen LogP contribution is 2.51. The number of carbonyl (C=O) groups excluding carboxylic acids is 1. The van der Waals surface area contributed by atoms with Crippen LogP contribution in [-0.2, 0) is 5.60 Å². The third-order valence-electron chi connectivity index (χ3n) is 4.36. The molecule has 0 saturated heterocycles. The monoisotopic (exact) mass is 455 g/mol. The molecule has 32 heavy (non-hydrogen) atoms. The highest BCUT2D eigenvalue weighted by molar-refractivity contribution is 6.03. The number of carbonyl (C=O) groups is 1. The van der Waals surface area contributed by atoms with E-state index in [4.69, 9.17) is 5.26 Å². The van der Waals surface area contributed by atoms with Crippen LogP contribution in [0.4, 0.5) is 32.0 Å². The number of nitrogens with one attached hydrogen (secondary N) is 1. The van der Waals surface area contributed by atoms with Crippen LogP contribution in [-0.4, -0.2) is 38.1 Å². The van der Waals surface area contributed by atoms with Crippen molar-refractivity contribution in [3.05, 3.63) is 71.7 Å². The number of nitriles is 1. The Hall–Kier alpha value is -3.92. The van der Waals surface area contributed by atoms with Gasteiger partial charge in [-0.05, 0) is 24.3 Å². The smallest absolute Gasteiger partial charge is 0.369 e. The van der Waals surface area contributed by atoms with E-state index >= 15 is 0 Å². The SMILES string of the molecule is N#Cc1ccn(-c2ccc(C(=O)Nc3ccccc3C(O)(C(F)(F)F)C(F)(F)F)nn2)c1. The van der Waals surface area contributed by atoms with Gasteiger partial charge in [0.25, 0.3) is 11.5 Å². The van der Waals surface area contributed by atoms with Gasteiger partial charge in [0, 0.05) is 23.6 Å². The number of aromatic nitrogens is 3. The van der Waals surface area contributed by atoms with Crippen LogP contribution in [0.3, 0.4) is 0 Å². The number of nitrogens with zero attached hydrogens (tertiary/aromatic N) is 4. The third kappa shape index (κ3) is 4.00. The van der Waals surface area contributed by atoms with E-state index in [2.05, 4.69) is 10.2 Å². The summed E-state index contributed by atoms with van der Waals surface area (Å²) in [5.41, 5.74) is -7.82. The van der Waals surface area contributed by atoms with Crippen molar-refractivity contribution in [2.24, 2.45) is 0 Å². The minimum atomic E-state index is -6.12. The number of anilines is 1. The van der Waals surface area contributed by atoms with Gasteiger partial charge in [-0.3, -0.25) is 4.79 Å². The molecular weight excluding hydrogens is 444 g/mol. The highest BCUT2D eigenvalue weighted by Gasteiger charge is 2.72. The molecule has 166 valence electrons. The Balaban J connectivity index is 1.92. The molecule has 0 saturated carbocycles. The van der Waals surface area contributed by atoms with Gasteiger partial charge in [0.05, 0.1) is 5.56 Å². The number of aliphatic hydroxyl groups is 1. The van der Waals surface area contributed by atoms with Gasteiger partial charge in [-0.25, -0.2) is 0 Å². The normalized spacial score (nSPS) is 12.3. The molecule has 3 aromatic rings. The molecule has 3 rings (SSSR count). The Kier molecular flexibility index (Phi) is 5.67. The van der Waals surface area contributed by atoms with Gasteiger partial charge in [-0.2, -0.15) is 31.6 Å². The summed E-state index contributed by atoms with van der Waals surface area (Å²) in [5, 5.41) is 27.7.